The first-order valence-corrected chi connectivity index (χ1v) is 8.03. The maximum atomic E-state index is 6.20. The van der Waals surface area contributed by atoms with Crippen LogP contribution in [0.1, 0.15) is 52.4 Å². The summed E-state index contributed by atoms with van der Waals surface area (Å²) < 4.78 is 12.0. The molecule has 2 aliphatic carbocycles. The van der Waals surface area contributed by atoms with Crippen LogP contribution >= 0.6 is 15.9 Å². The molecule has 2 fully saturated rings. The molecule has 3 unspecified atom stereocenters. The van der Waals surface area contributed by atoms with Crippen LogP contribution in [0, 0.1) is 5.92 Å². The predicted octanol–water partition coefficient (Wildman–Crippen LogP) is 3.91. The number of halogens is 1. The average Bonchev–Trinajstić information content (AvgIpc) is 2.31. The molecule has 0 aromatic rings. The zero-order valence-electron chi connectivity index (χ0n) is 11.0. The van der Waals surface area contributed by atoms with Gasteiger partial charge in [0.15, 0.2) is 0 Å². The van der Waals surface area contributed by atoms with Crippen molar-refractivity contribution < 1.29 is 9.47 Å². The number of rotatable bonds is 5. The minimum atomic E-state index is 0.286. The van der Waals surface area contributed by atoms with Gasteiger partial charge in [0.2, 0.25) is 0 Å². The molecule has 100 valence electrons. The van der Waals surface area contributed by atoms with Crippen molar-refractivity contribution in [2.75, 3.05) is 6.61 Å². The van der Waals surface area contributed by atoms with Crippen LogP contribution in [0.3, 0.4) is 0 Å². The summed E-state index contributed by atoms with van der Waals surface area (Å²) in [5.41, 5.74) is 0. The molecule has 3 heteroatoms. The molecule has 2 nitrogen and oxygen atoms in total. The fourth-order valence-electron chi connectivity index (χ4n) is 2.74. The summed E-state index contributed by atoms with van der Waals surface area (Å²) in [7, 11) is 0. The van der Waals surface area contributed by atoms with Gasteiger partial charge < -0.3 is 9.47 Å². The molecule has 0 aliphatic heterocycles. The molecule has 17 heavy (non-hydrogen) atoms. The third-order valence-electron chi connectivity index (χ3n) is 4.02. The van der Waals surface area contributed by atoms with Gasteiger partial charge in [-0.05, 0) is 44.4 Å². The van der Waals surface area contributed by atoms with Gasteiger partial charge >= 0.3 is 0 Å². The quantitative estimate of drug-likeness (QED) is 0.717. The fourth-order valence-corrected chi connectivity index (χ4v) is 3.60. The molecule has 0 heterocycles. The second-order valence-corrected chi connectivity index (χ2v) is 6.82. The molecule has 0 saturated heterocycles. The number of alkyl halides is 1. The summed E-state index contributed by atoms with van der Waals surface area (Å²) in [6.45, 7) is 5.36. The number of hydrogen-bond acceptors (Lipinski definition) is 2. The van der Waals surface area contributed by atoms with E-state index >= 15 is 0 Å². The van der Waals surface area contributed by atoms with E-state index in [2.05, 4.69) is 29.8 Å². The van der Waals surface area contributed by atoms with Crippen molar-refractivity contribution in [2.24, 2.45) is 5.92 Å². The van der Waals surface area contributed by atoms with E-state index in [1.54, 1.807) is 0 Å². The van der Waals surface area contributed by atoms with Crippen molar-refractivity contribution >= 4 is 15.9 Å². The maximum Gasteiger partial charge on any atom is 0.0962 e. The highest BCUT2D eigenvalue weighted by Crippen LogP contribution is 2.36. The van der Waals surface area contributed by atoms with E-state index in [0.717, 1.165) is 25.4 Å². The van der Waals surface area contributed by atoms with Gasteiger partial charge in [0, 0.05) is 11.4 Å². The van der Waals surface area contributed by atoms with Crippen molar-refractivity contribution in [1.82, 2.24) is 0 Å². The molecule has 2 rings (SSSR count). The lowest BCUT2D eigenvalue weighted by molar-refractivity contribution is -0.152. The van der Waals surface area contributed by atoms with Crippen molar-refractivity contribution in [3.8, 4) is 0 Å². The van der Waals surface area contributed by atoms with Crippen LogP contribution in [-0.4, -0.2) is 29.7 Å². The van der Waals surface area contributed by atoms with Gasteiger partial charge in [0.25, 0.3) is 0 Å². The third kappa shape index (κ3) is 3.68. The average molecular weight is 305 g/mol. The Balaban J connectivity index is 1.71. The van der Waals surface area contributed by atoms with Crippen LogP contribution in [0.5, 0.6) is 0 Å². The van der Waals surface area contributed by atoms with Gasteiger partial charge in [-0.2, -0.15) is 0 Å². The molecule has 0 amide bonds. The van der Waals surface area contributed by atoms with E-state index in [0.29, 0.717) is 17.0 Å². The van der Waals surface area contributed by atoms with Crippen LogP contribution in [-0.2, 0) is 9.47 Å². The van der Waals surface area contributed by atoms with Crippen molar-refractivity contribution in [3.63, 3.8) is 0 Å². The van der Waals surface area contributed by atoms with E-state index in [1.807, 2.05) is 0 Å². The summed E-state index contributed by atoms with van der Waals surface area (Å²) in [5, 5.41) is 0. The lowest BCUT2D eigenvalue weighted by Gasteiger charge is -2.43. The summed E-state index contributed by atoms with van der Waals surface area (Å²) in [6.07, 6.45) is 8.45. The van der Waals surface area contributed by atoms with Gasteiger partial charge in [-0.1, -0.05) is 29.8 Å². The molecule has 2 saturated carbocycles. The molecule has 0 radical (unpaired) electrons. The first-order chi connectivity index (χ1) is 8.20. The van der Waals surface area contributed by atoms with E-state index < -0.39 is 0 Å². The smallest absolute Gasteiger partial charge is 0.0962 e. The maximum absolute atomic E-state index is 6.20. The summed E-state index contributed by atoms with van der Waals surface area (Å²) >= 11 is 3.67. The normalized spacial score (nSPS) is 42.2. The highest BCUT2D eigenvalue weighted by molar-refractivity contribution is 9.09. The summed E-state index contributed by atoms with van der Waals surface area (Å²) in [4.78, 5) is 0.501. The molecule has 2 aliphatic rings. The molecule has 3 atom stereocenters. The zero-order valence-corrected chi connectivity index (χ0v) is 12.6. The van der Waals surface area contributed by atoms with Crippen molar-refractivity contribution in [2.45, 2.75) is 75.5 Å². The van der Waals surface area contributed by atoms with Crippen molar-refractivity contribution in [3.05, 3.63) is 0 Å². The molecule has 0 aromatic heterocycles. The third-order valence-corrected chi connectivity index (χ3v) is 4.92. The fraction of sp³-hybridized carbons (Fsp3) is 1.00. The van der Waals surface area contributed by atoms with E-state index in [1.165, 1.54) is 25.7 Å². The van der Waals surface area contributed by atoms with Gasteiger partial charge in [0.1, 0.15) is 0 Å². The minimum Gasteiger partial charge on any atom is -0.374 e. The second kappa shape index (κ2) is 6.53. The van der Waals surface area contributed by atoms with E-state index in [9.17, 15) is 0 Å². The molecule has 0 N–H and O–H groups in total. The first-order valence-electron chi connectivity index (χ1n) is 7.11. The highest BCUT2D eigenvalue weighted by Gasteiger charge is 2.42. The molecule has 0 spiro atoms. The Bertz CT molecular complexity index is 226. The van der Waals surface area contributed by atoms with Gasteiger partial charge in [0.05, 0.1) is 18.3 Å². The van der Waals surface area contributed by atoms with Gasteiger partial charge in [-0.25, -0.2) is 0 Å². The predicted molar refractivity (Wildman–Crippen MR) is 73.7 cm³/mol. The Kier molecular flexibility index (Phi) is 5.31. The molecule has 0 aromatic carbocycles. The Morgan fingerprint density at radius 3 is 2.47 bits per heavy atom. The minimum absolute atomic E-state index is 0.286. The Morgan fingerprint density at radius 2 is 1.88 bits per heavy atom. The van der Waals surface area contributed by atoms with Gasteiger partial charge in [-0.15, -0.1) is 0 Å². The van der Waals surface area contributed by atoms with Crippen LogP contribution in [0.2, 0.25) is 0 Å². The standard InChI is InChI=1S/C14H25BrO2/c1-3-8-16-14-12(15)9-13(14)17-11-6-4-10(2)5-7-11/h10-14H,3-9H2,1-2H3. The van der Waals surface area contributed by atoms with Crippen LogP contribution in [0.15, 0.2) is 0 Å². The Hall–Kier alpha value is 0.400. The zero-order chi connectivity index (χ0) is 12.3. The van der Waals surface area contributed by atoms with E-state index in [4.69, 9.17) is 9.47 Å². The Labute approximate surface area is 114 Å². The summed E-state index contributed by atoms with van der Waals surface area (Å²) in [6, 6.07) is 0. The second-order valence-electron chi connectivity index (χ2n) is 5.64. The van der Waals surface area contributed by atoms with Crippen molar-refractivity contribution in [1.29, 1.82) is 0 Å². The largest absolute Gasteiger partial charge is 0.374 e. The molecule has 0 bridgehead atoms. The van der Waals surface area contributed by atoms with Crippen LogP contribution < -0.4 is 0 Å². The topological polar surface area (TPSA) is 18.5 Å². The summed E-state index contributed by atoms with van der Waals surface area (Å²) in [5.74, 6) is 0.896. The van der Waals surface area contributed by atoms with Crippen LogP contribution in [0.25, 0.3) is 0 Å². The first kappa shape index (κ1) is 13.8. The van der Waals surface area contributed by atoms with E-state index in [-0.39, 0.29) is 6.10 Å². The monoisotopic (exact) mass is 304 g/mol. The Morgan fingerprint density at radius 1 is 1.18 bits per heavy atom. The molecular formula is C14H25BrO2. The highest BCUT2D eigenvalue weighted by atomic mass is 79.9. The number of hydrogen-bond donors (Lipinski definition) is 0. The van der Waals surface area contributed by atoms with Crippen LogP contribution in [0.4, 0.5) is 0 Å². The molecular weight excluding hydrogens is 280 g/mol. The lowest BCUT2D eigenvalue weighted by atomic mass is 9.87. The number of ether oxygens (including phenoxy) is 2. The SMILES string of the molecule is CCCOC1C(Br)CC1OC1CCC(C)CC1. The van der Waals surface area contributed by atoms with Gasteiger partial charge in [-0.3, -0.25) is 0 Å². The lowest BCUT2D eigenvalue weighted by Crippen LogP contribution is -2.52.